The molecule has 1 saturated heterocycles. The van der Waals surface area contributed by atoms with Crippen LogP contribution in [-0.4, -0.2) is 40.5 Å². The minimum atomic E-state index is -1.06. The van der Waals surface area contributed by atoms with Crippen molar-refractivity contribution in [3.8, 4) is 23.1 Å². The maximum atomic E-state index is 10.6. The van der Waals surface area contributed by atoms with E-state index in [1.807, 2.05) is 36.4 Å². The van der Waals surface area contributed by atoms with E-state index in [0.717, 1.165) is 29.7 Å². The van der Waals surface area contributed by atoms with E-state index in [4.69, 9.17) is 14.6 Å². The average molecular weight is 445 g/mol. The zero-order valence-corrected chi connectivity index (χ0v) is 17.8. The van der Waals surface area contributed by atoms with Gasteiger partial charge in [-0.3, -0.25) is 0 Å². The van der Waals surface area contributed by atoms with Crippen LogP contribution in [0.15, 0.2) is 54.7 Å². The van der Waals surface area contributed by atoms with Crippen LogP contribution < -0.4 is 15.4 Å². The predicted octanol–water partition coefficient (Wildman–Crippen LogP) is 4.08. The Morgan fingerprint density at radius 3 is 2.70 bits per heavy atom. The van der Waals surface area contributed by atoms with E-state index in [2.05, 4.69) is 26.7 Å². The first-order chi connectivity index (χ1) is 16.1. The second-order valence-corrected chi connectivity index (χ2v) is 7.50. The molecule has 2 aromatic carbocycles. The lowest BCUT2D eigenvalue weighted by Gasteiger charge is -2.23. The van der Waals surface area contributed by atoms with E-state index in [9.17, 15) is 10.1 Å². The van der Waals surface area contributed by atoms with E-state index < -0.39 is 6.09 Å². The van der Waals surface area contributed by atoms with Gasteiger partial charge in [-0.05, 0) is 42.0 Å². The highest BCUT2D eigenvalue weighted by molar-refractivity contribution is 5.66. The van der Waals surface area contributed by atoms with Gasteiger partial charge in [0.05, 0.1) is 24.5 Å². The molecule has 2 heterocycles. The molecule has 1 aliphatic rings. The molecule has 3 N–H and O–H groups in total. The number of benzene rings is 2. The summed E-state index contributed by atoms with van der Waals surface area (Å²) in [6.45, 7) is 1.57. The number of ether oxygens (including phenoxy) is 2. The summed E-state index contributed by atoms with van der Waals surface area (Å²) < 4.78 is 11.4. The fourth-order valence-electron chi connectivity index (χ4n) is 3.45. The Morgan fingerprint density at radius 2 is 1.97 bits per heavy atom. The zero-order chi connectivity index (χ0) is 23.0. The van der Waals surface area contributed by atoms with Gasteiger partial charge in [0, 0.05) is 36.8 Å². The van der Waals surface area contributed by atoms with Crippen molar-refractivity contribution >= 4 is 17.7 Å². The highest BCUT2D eigenvalue weighted by Crippen LogP contribution is 2.28. The van der Waals surface area contributed by atoms with Gasteiger partial charge < -0.3 is 25.2 Å². The third-order valence-electron chi connectivity index (χ3n) is 5.17. The van der Waals surface area contributed by atoms with E-state index >= 15 is 0 Å². The molecular weight excluding hydrogens is 422 g/mol. The summed E-state index contributed by atoms with van der Waals surface area (Å²) in [7, 11) is 0. The molecule has 1 fully saturated rings. The van der Waals surface area contributed by atoms with Crippen molar-refractivity contribution in [1.29, 1.82) is 5.26 Å². The van der Waals surface area contributed by atoms with E-state index in [0.29, 0.717) is 36.2 Å². The first kappa shape index (κ1) is 22.0. The van der Waals surface area contributed by atoms with Crippen molar-refractivity contribution in [2.75, 3.05) is 18.5 Å². The highest BCUT2D eigenvalue weighted by Gasteiger charge is 2.17. The summed E-state index contributed by atoms with van der Waals surface area (Å²) in [5, 5.41) is 23.8. The number of carbonyl (C=O) groups is 1. The number of anilines is 2. The Labute approximate surface area is 191 Å². The largest absolute Gasteiger partial charge is 0.489 e. The first-order valence-corrected chi connectivity index (χ1v) is 10.6. The second-order valence-electron chi connectivity index (χ2n) is 7.50. The molecule has 33 heavy (non-hydrogen) atoms. The van der Waals surface area contributed by atoms with E-state index in [1.165, 1.54) is 0 Å². The van der Waals surface area contributed by atoms with Gasteiger partial charge in [0.25, 0.3) is 0 Å². The van der Waals surface area contributed by atoms with Crippen LogP contribution in [0.4, 0.5) is 16.4 Å². The van der Waals surface area contributed by atoms with Gasteiger partial charge in [-0.25, -0.2) is 14.8 Å². The number of nitrogens with one attached hydrogen (secondary N) is 2. The van der Waals surface area contributed by atoms with E-state index in [1.54, 1.807) is 18.3 Å². The Morgan fingerprint density at radius 1 is 1.18 bits per heavy atom. The smallest absolute Gasteiger partial charge is 0.404 e. The quantitative estimate of drug-likeness (QED) is 0.496. The van der Waals surface area contributed by atoms with Gasteiger partial charge in [-0.1, -0.05) is 12.1 Å². The van der Waals surface area contributed by atoms with Crippen LogP contribution in [0.2, 0.25) is 0 Å². The number of nitriles is 1. The molecule has 1 aromatic heterocycles. The molecule has 4 rings (SSSR count). The second kappa shape index (κ2) is 10.4. The number of carboxylic acid groups (broad SMARTS) is 1. The first-order valence-electron chi connectivity index (χ1n) is 10.6. The van der Waals surface area contributed by atoms with Crippen LogP contribution in [-0.2, 0) is 11.3 Å². The minimum absolute atomic E-state index is 0.0536. The normalized spacial score (nSPS) is 13.7. The summed E-state index contributed by atoms with van der Waals surface area (Å²) in [6, 6.07) is 16.7. The lowest BCUT2D eigenvalue weighted by atomic mass is 10.1. The van der Waals surface area contributed by atoms with Crippen LogP contribution in [0.25, 0.3) is 11.3 Å². The number of aromatic nitrogens is 2. The highest BCUT2D eigenvalue weighted by atomic mass is 16.5. The molecule has 9 nitrogen and oxygen atoms in total. The minimum Gasteiger partial charge on any atom is -0.489 e. The molecule has 0 spiro atoms. The standard InChI is InChI=1S/C24H23N5O4/c25-14-18-13-17(3-6-22(18)33-20-8-11-32-12-9-20)21-7-10-26-23(29-21)28-19-4-1-16(2-5-19)15-27-24(30)31/h1-7,10,13,20,27H,8-9,11-12,15H2,(H,30,31)(H,26,28,29). The summed E-state index contributed by atoms with van der Waals surface area (Å²) in [4.78, 5) is 19.4. The van der Waals surface area contributed by atoms with Crippen molar-refractivity contribution in [2.24, 2.45) is 0 Å². The lowest BCUT2D eigenvalue weighted by molar-refractivity contribution is 0.0254. The fourth-order valence-corrected chi connectivity index (χ4v) is 3.45. The molecule has 168 valence electrons. The molecule has 9 heteroatoms. The van der Waals surface area contributed by atoms with Gasteiger partial charge in [0.2, 0.25) is 5.95 Å². The number of amides is 1. The van der Waals surface area contributed by atoms with Crippen LogP contribution in [0, 0.1) is 11.3 Å². The topological polar surface area (TPSA) is 129 Å². The number of rotatable bonds is 7. The van der Waals surface area contributed by atoms with Crippen molar-refractivity contribution in [3.05, 3.63) is 65.9 Å². The predicted molar refractivity (Wildman–Crippen MR) is 121 cm³/mol. The van der Waals surface area contributed by atoms with Crippen LogP contribution in [0.3, 0.4) is 0 Å². The van der Waals surface area contributed by atoms with Crippen LogP contribution >= 0.6 is 0 Å². The number of hydrogen-bond acceptors (Lipinski definition) is 7. The van der Waals surface area contributed by atoms with Crippen LogP contribution in [0.1, 0.15) is 24.0 Å². The molecular formula is C24H23N5O4. The SMILES string of the molecule is N#Cc1cc(-c2ccnc(Nc3ccc(CNC(=O)O)cc3)n2)ccc1OC1CCOCC1. The van der Waals surface area contributed by atoms with Crippen LogP contribution in [0.5, 0.6) is 5.75 Å². The third-order valence-corrected chi connectivity index (χ3v) is 5.17. The maximum Gasteiger partial charge on any atom is 0.404 e. The Balaban J connectivity index is 1.47. The Kier molecular flexibility index (Phi) is 6.97. The maximum absolute atomic E-state index is 10.6. The molecule has 1 aliphatic heterocycles. The van der Waals surface area contributed by atoms with E-state index in [-0.39, 0.29) is 12.6 Å². The summed E-state index contributed by atoms with van der Waals surface area (Å²) >= 11 is 0. The molecule has 0 radical (unpaired) electrons. The molecule has 3 aromatic rings. The monoisotopic (exact) mass is 445 g/mol. The van der Waals surface area contributed by atoms with Gasteiger partial charge in [0.15, 0.2) is 0 Å². The Hall–Kier alpha value is -4.16. The van der Waals surface area contributed by atoms with Gasteiger partial charge in [-0.2, -0.15) is 5.26 Å². The summed E-state index contributed by atoms with van der Waals surface area (Å²) in [5.41, 5.74) is 3.52. The van der Waals surface area contributed by atoms with Crippen molar-refractivity contribution in [1.82, 2.24) is 15.3 Å². The molecule has 0 atom stereocenters. The number of hydrogen-bond donors (Lipinski definition) is 3. The lowest BCUT2D eigenvalue weighted by Crippen LogP contribution is -2.26. The van der Waals surface area contributed by atoms with Gasteiger partial charge in [-0.15, -0.1) is 0 Å². The molecule has 0 unspecified atom stereocenters. The third kappa shape index (κ3) is 5.96. The molecule has 0 aliphatic carbocycles. The molecule has 1 amide bonds. The van der Waals surface area contributed by atoms with Crippen molar-refractivity contribution < 1.29 is 19.4 Å². The summed E-state index contributed by atoms with van der Waals surface area (Å²) in [5.74, 6) is 0.975. The fraction of sp³-hybridized carbons (Fsp3) is 0.250. The average Bonchev–Trinajstić information content (AvgIpc) is 2.84. The zero-order valence-electron chi connectivity index (χ0n) is 17.8. The van der Waals surface area contributed by atoms with Gasteiger partial charge >= 0.3 is 6.09 Å². The summed E-state index contributed by atoms with van der Waals surface area (Å²) in [6.07, 6.45) is 2.26. The van der Waals surface area contributed by atoms with Crippen molar-refractivity contribution in [3.63, 3.8) is 0 Å². The molecule has 0 saturated carbocycles. The number of nitrogens with zero attached hydrogens (tertiary/aromatic N) is 3. The molecule has 0 bridgehead atoms. The Bertz CT molecular complexity index is 1150. The van der Waals surface area contributed by atoms with Gasteiger partial charge in [0.1, 0.15) is 17.9 Å². The van der Waals surface area contributed by atoms with Crippen molar-refractivity contribution in [2.45, 2.75) is 25.5 Å².